The number of carbonyl (C=O) groups is 2. The molecule has 6 nitrogen and oxygen atoms in total. The van der Waals surface area contributed by atoms with Crippen molar-refractivity contribution in [3.63, 3.8) is 0 Å². The molecule has 0 bridgehead atoms. The third kappa shape index (κ3) is 3.73. The number of aliphatic carboxylic acids is 1. The van der Waals surface area contributed by atoms with Gasteiger partial charge in [-0.15, -0.1) is 0 Å². The molecular formula is C17H15BrN2O4. The van der Waals surface area contributed by atoms with Gasteiger partial charge in [0.2, 0.25) is 5.88 Å². The van der Waals surface area contributed by atoms with Crippen LogP contribution in [0.4, 0.5) is 0 Å². The van der Waals surface area contributed by atoms with Crippen LogP contribution < -0.4 is 4.74 Å². The minimum atomic E-state index is -0.860. The first kappa shape index (κ1) is 16.4. The maximum atomic E-state index is 12.4. The summed E-state index contributed by atoms with van der Waals surface area (Å²) in [5.41, 5.74) is 0.421. The van der Waals surface area contributed by atoms with Gasteiger partial charge >= 0.3 is 5.97 Å². The largest absolute Gasteiger partial charge is 0.481 e. The molecule has 0 radical (unpaired) electrons. The smallest absolute Gasteiger partial charge is 0.308 e. The minimum absolute atomic E-state index is 0.207. The fourth-order valence-corrected chi connectivity index (χ4v) is 2.78. The highest BCUT2D eigenvalue weighted by Crippen LogP contribution is 2.23. The maximum Gasteiger partial charge on any atom is 0.308 e. The minimum Gasteiger partial charge on any atom is -0.481 e. The Morgan fingerprint density at radius 3 is 2.54 bits per heavy atom. The Bertz CT molecular complexity index is 746. The van der Waals surface area contributed by atoms with Crippen molar-refractivity contribution < 1.29 is 19.4 Å². The molecule has 1 fully saturated rings. The van der Waals surface area contributed by atoms with E-state index in [2.05, 4.69) is 20.9 Å². The summed E-state index contributed by atoms with van der Waals surface area (Å²) in [6, 6.07) is 10.6. The van der Waals surface area contributed by atoms with Crippen LogP contribution in [0.1, 0.15) is 16.8 Å². The molecule has 1 N–H and O–H groups in total. The quantitative estimate of drug-likeness (QED) is 0.866. The van der Waals surface area contributed by atoms with Crippen LogP contribution in [0.2, 0.25) is 0 Å². The average molecular weight is 391 g/mol. The first-order chi connectivity index (χ1) is 11.5. The van der Waals surface area contributed by atoms with Gasteiger partial charge < -0.3 is 14.7 Å². The van der Waals surface area contributed by atoms with Crippen LogP contribution in [0, 0.1) is 5.92 Å². The molecule has 3 rings (SSSR count). The standard InChI is InChI=1S/C17H15BrN2O4/c18-13-2-4-14(5-3-13)24-15-6-1-11(9-19-15)16(21)20-8-7-12(10-20)17(22)23/h1-6,9,12H,7-8,10H2,(H,22,23). The van der Waals surface area contributed by atoms with E-state index in [0.717, 1.165) is 4.47 Å². The van der Waals surface area contributed by atoms with E-state index < -0.39 is 11.9 Å². The highest BCUT2D eigenvalue weighted by atomic mass is 79.9. The van der Waals surface area contributed by atoms with Crippen molar-refractivity contribution in [1.29, 1.82) is 0 Å². The van der Waals surface area contributed by atoms with E-state index in [-0.39, 0.29) is 12.5 Å². The van der Waals surface area contributed by atoms with Gasteiger partial charge in [-0.25, -0.2) is 4.98 Å². The summed E-state index contributed by atoms with van der Waals surface area (Å²) in [6.07, 6.45) is 1.93. The fourth-order valence-electron chi connectivity index (χ4n) is 2.52. The Kier molecular flexibility index (Phi) is 4.80. The molecule has 1 atom stereocenters. The van der Waals surface area contributed by atoms with Crippen molar-refractivity contribution >= 4 is 27.8 Å². The topological polar surface area (TPSA) is 79.7 Å². The van der Waals surface area contributed by atoms with E-state index in [4.69, 9.17) is 9.84 Å². The third-order valence-corrected chi connectivity index (χ3v) is 4.37. The summed E-state index contributed by atoms with van der Waals surface area (Å²) >= 11 is 3.35. The number of amides is 1. The molecule has 1 unspecified atom stereocenters. The lowest BCUT2D eigenvalue weighted by atomic mass is 10.1. The number of hydrogen-bond donors (Lipinski definition) is 1. The summed E-state index contributed by atoms with van der Waals surface area (Å²) in [5, 5.41) is 9.01. The molecule has 2 aromatic rings. The molecular weight excluding hydrogens is 376 g/mol. The highest BCUT2D eigenvalue weighted by Gasteiger charge is 2.31. The summed E-state index contributed by atoms with van der Waals surface area (Å²) in [6.45, 7) is 0.693. The zero-order valence-corrected chi connectivity index (χ0v) is 14.3. The highest BCUT2D eigenvalue weighted by molar-refractivity contribution is 9.10. The molecule has 1 saturated heterocycles. The van der Waals surface area contributed by atoms with Crippen molar-refractivity contribution in [1.82, 2.24) is 9.88 Å². The monoisotopic (exact) mass is 390 g/mol. The van der Waals surface area contributed by atoms with Crippen LogP contribution in [0.3, 0.4) is 0 Å². The fraction of sp³-hybridized carbons (Fsp3) is 0.235. The van der Waals surface area contributed by atoms with Gasteiger partial charge in [0.1, 0.15) is 5.75 Å². The SMILES string of the molecule is O=C(O)C1CCN(C(=O)c2ccc(Oc3ccc(Br)cc3)nc2)C1. The summed E-state index contributed by atoms with van der Waals surface area (Å²) in [5.74, 6) is -0.516. The third-order valence-electron chi connectivity index (χ3n) is 3.84. The average Bonchev–Trinajstić information content (AvgIpc) is 3.07. The number of likely N-dealkylation sites (tertiary alicyclic amines) is 1. The number of nitrogens with zero attached hydrogens (tertiary/aromatic N) is 2. The molecule has 2 heterocycles. The van der Waals surface area contributed by atoms with Gasteiger partial charge in [-0.05, 0) is 36.8 Å². The van der Waals surface area contributed by atoms with Gasteiger partial charge in [-0.3, -0.25) is 9.59 Å². The predicted molar refractivity (Wildman–Crippen MR) is 90.1 cm³/mol. The molecule has 7 heteroatoms. The van der Waals surface area contributed by atoms with Gasteiger partial charge in [0.05, 0.1) is 11.5 Å². The van der Waals surface area contributed by atoms with Crippen molar-refractivity contribution in [3.8, 4) is 11.6 Å². The second-order valence-corrected chi connectivity index (χ2v) is 6.43. The number of halogens is 1. The van der Waals surface area contributed by atoms with E-state index in [1.807, 2.05) is 12.1 Å². The Labute approximate surface area is 147 Å². The molecule has 1 aliphatic rings. The molecule has 24 heavy (non-hydrogen) atoms. The Morgan fingerprint density at radius 1 is 1.21 bits per heavy atom. The molecule has 1 aliphatic heterocycles. The van der Waals surface area contributed by atoms with Crippen LogP contribution >= 0.6 is 15.9 Å². The number of pyridine rings is 1. The second kappa shape index (κ2) is 7.00. The summed E-state index contributed by atoms with van der Waals surface area (Å²) in [4.78, 5) is 29.0. The van der Waals surface area contributed by atoms with E-state index in [0.29, 0.717) is 30.2 Å². The van der Waals surface area contributed by atoms with Gasteiger partial charge in [0, 0.05) is 29.8 Å². The first-order valence-electron chi connectivity index (χ1n) is 7.44. The van der Waals surface area contributed by atoms with Crippen molar-refractivity contribution in [3.05, 3.63) is 52.6 Å². The number of ether oxygens (including phenoxy) is 1. The lowest BCUT2D eigenvalue weighted by Crippen LogP contribution is -2.30. The number of carboxylic acid groups (broad SMARTS) is 1. The maximum absolute atomic E-state index is 12.4. The number of carbonyl (C=O) groups excluding carboxylic acids is 1. The first-order valence-corrected chi connectivity index (χ1v) is 8.24. The number of benzene rings is 1. The molecule has 0 spiro atoms. The summed E-state index contributed by atoms with van der Waals surface area (Å²) < 4.78 is 6.56. The van der Waals surface area contributed by atoms with E-state index in [1.165, 1.54) is 6.20 Å². The zero-order chi connectivity index (χ0) is 17.1. The van der Waals surface area contributed by atoms with Gasteiger partial charge in [-0.2, -0.15) is 0 Å². The second-order valence-electron chi connectivity index (χ2n) is 5.52. The molecule has 1 aromatic carbocycles. The predicted octanol–water partition coefficient (Wildman–Crippen LogP) is 3.18. The van der Waals surface area contributed by atoms with Crippen LogP contribution in [-0.2, 0) is 4.79 Å². The van der Waals surface area contributed by atoms with Gasteiger partial charge in [0.25, 0.3) is 5.91 Å². The molecule has 1 amide bonds. The molecule has 124 valence electrons. The normalized spacial score (nSPS) is 16.9. The van der Waals surface area contributed by atoms with Crippen LogP contribution in [0.25, 0.3) is 0 Å². The van der Waals surface area contributed by atoms with E-state index in [9.17, 15) is 9.59 Å². The Balaban J connectivity index is 1.65. The number of aromatic nitrogens is 1. The Morgan fingerprint density at radius 2 is 1.96 bits per heavy atom. The van der Waals surface area contributed by atoms with Gasteiger partial charge in [0.15, 0.2) is 0 Å². The lowest BCUT2D eigenvalue weighted by molar-refractivity contribution is -0.141. The van der Waals surface area contributed by atoms with Gasteiger partial charge in [-0.1, -0.05) is 15.9 Å². The van der Waals surface area contributed by atoms with Crippen LogP contribution in [0.15, 0.2) is 47.1 Å². The number of rotatable bonds is 4. The lowest BCUT2D eigenvalue weighted by Gasteiger charge is -2.15. The van der Waals surface area contributed by atoms with E-state index in [1.54, 1.807) is 29.2 Å². The molecule has 1 aromatic heterocycles. The number of carboxylic acids is 1. The number of hydrogen-bond acceptors (Lipinski definition) is 4. The van der Waals surface area contributed by atoms with Crippen LogP contribution in [0.5, 0.6) is 11.6 Å². The molecule has 0 saturated carbocycles. The Hall–Kier alpha value is -2.41. The van der Waals surface area contributed by atoms with Crippen LogP contribution in [-0.4, -0.2) is 40.0 Å². The van der Waals surface area contributed by atoms with Crippen molar-refractivity contribution in [2.75, 3.05) is 13.1 Å². The van der Waals surface area contributed by atoms with Crippen molar-refractivity contribution in [2.45, 2.75) is 6.42 Å². The van der Waals surface area contributed by atoms with Crippen molar-refractivity contribution in [2.24, 2.45) is 5.92 Å². The zero-order valence-electron chi connectivity index (χ0n) is 12.7. The van der Waals surface area contributed by atoms with E-state index >= 15 is 0 Å². The molecule has 0 aliphatic carbocycles. The summed E-state index contributed by atoms with van der Waals surface area (Å²) in [7, 11) is 0.